The fraction of sp³-hybridized carbons (Fsp3) is 0.143. The molecule has 1 N–H and O–H groups in total. The van der Waals surface area contributed by atoms with E-state index in [2.05, 4.69) is 4.89 Å². The van der Waals surface area contributed by atoms with Gasteiger partial charge in [-0.05, 0) is 24.1 Å². The van der Waals surface area contributed by atoms with E-state index in [1.807, 2.05) is 30.3 Å². The quantitative estimate of drug-likeness (QED) is 0.650. The molecule has 0 spiro atoms. The molecule has 0 fully saturated rings. The second-order valence-corrected chi connectivity index (χ2v) is 5.63. The molecular weight excluding hydrogens is 262 g/mol. The van der Waals surface area contributed by atoms with Gasteiger partial charge < -0.3 is 0 Å². The van der Waals surface area contributed by atoms with Gasteiger partial charge in [-0.25, -0.2) is 8.42 Å². The highest BCUT2D eigenvalue weighted by molar-refractivity contribution is 7.89. The van der Waals surface area contributed by atoms with Crippen LogP contribution in [-0.4, -0.2) is 15.0 Å². The highest BCUT2D eigenvalue weighted by Gasteiger charge is 2.12. The van der Waals surface area contributed by atoms with Crippen molar-refractivity contribution in [1.82, 2.24) is 4.89 Å². The van der Waals surface area contributed by atoms with Gasteiger partial charge in [0, 0.05) is 0 Å². The van der Waals surface area contributed by atoms with Gasteiger partial charge in [0.25, 0.3) is 10.0 Å². The summed E-state index contributed by atoms with van der Waals surface area (Å²) in [5, 5.41) is 0. The molecule has 0 aliphatic rings. The van der Waals surface area contributed by atoms with Crippen LogP contribution in [0.5, 0.6) is 0 Å². The van der Waals surface area contributed by atoms with Gasteiger partial charge in [0.15, 0.2) is 0 Å². The van der Waals surface area contributed by atoms with E-state index in [-0.39, 0.29) is 11.5 Å². The molecule has 2 aromatic carbocycles. The van der Waals surface area contributed by atoms with Crippen LogP contribution in [0.3, 0.4) is 0 Å². The van der Waals surface area contributed by atoms with Crippen LogP contribution in [-0.2, 0) is 21.3 Å². The van der Waals surface area contributed by atoms with Crippen LogP contribution in [0.1, 0.15) is 5.56 Å². The van der Waals surface area contributed by atoms with Gasteiger partial charge in [0.1, 0.15) is 0 Å². The van der Waals surface area contributed by atoms with Gasteiger partial charge in [-0.2, -0.15) is 0 Å². The molecule has 0 amide bonds. The molecule has 0 bridgehead atoms. The van der Waals surface area contributed by atoms with Crippen molar-refractivity contribution in [3.8, 4) is 0 Å². The average molecular weight is 277 g/mol. The van der Waals surface area contributed by atoms with Crippen LogP contribution in [0.15, 0.2) is 65.6 Å². The summed E-state index contributed by atoms with van der Waals surface area (Å²) in [6.07, 6.45) is 0.651. The Morgan fingerprint density at radius 3 is 2.11 bits per heavy atom. The third-order valence-corrected chi connectivity index (χ3v) is 3.79. The van der Waals surface area contributed by atoms with Crippen molar-refractivity contribution in [3.63, 3.8) is 0 Å². The lowest BCUT2D eigenvalue weighted by atomic mass is 10.2. The summed E-state index contributed by atoms with van der Waals surface area (Å²) >= 11 is 0. The number of nitrogens with one attached hydrogen (secondary N) is 1. The van der Waals surface area contributed by atoms with Crippen molar-refractivity contribution in [2.24, 2.45) is 0 Å². The molecule has 0 saturated heterocycles. The van der Waals surface area contributed by atoms with Crippen LogP contribution in [0, 0.1) is 0 Å². The zero-order chi connectivity index (χ0) is 13.6. The van der Waals surface area contributed by atoms with Crippen LogP contribution in [0.4, 0.5) is 0 Å². The minimum Gasteiger partial charge on any atom is -0.286 e. The molecule has 19 heavy (non-hydrogen) atoms. The lowest BCUT2D eigenvalue weighted by Gasteiger charge is -2.07. The average Bonchev–Trinajstić information content (AvgIpc) is 2.46. The second kappa shape index (κ2) is 6.47. The molecule has 5 heteroatoms. The Morgan fingerprint density at radius 1 is 0.895 bits per heavy atom. The Hall–Kier alpha value is -1.69. The lowest BCUT2D eigenvalue weighted by molar-refractivity contribution is 0.0959. The summed E-state index contributed by atoms with van der Waals surface area (Å²) in [5.41, 5.74) is 1.10. The molecule has 0 aliphatic carbocycles. The maximum absolute atomic E-state index is 11.8. The molecule has 0 saturated carbocycles. The monoisotopic (exact) mass is 277 g/mol. The Labute approximate surface area is 113 Å². The van der Waals surface area contributed by atoms with Gasteiger partial charge >= 0.3 is 0 Å². The summed E-state index contributed by atoms with van der Waals surface area (Å²) in [4.78, 5) is 7.33. The summed E-state index contributed by atoms with van der Waals surface area (Å²) in [6.45, 7) is 0.288. The minimum atomic E-state index is -3.59. The first-order chi connectivity index (χ1) is 9.18. The zero-order valence-electron chi connectivity index (χ0n) is 10.3. The van der Waals surface area contributed by atoms with E-state index in [0.717, 1.165) is 5.56 Å². The summed E-state index contributed by atoms with van der Waals surface area (Å²) < 4.78 is 23.6. The number of benzene rings is 2. The molecule has 0 atom stereocenters. The summed E-state index contributed by atoms with van der Waals surface area (Å²) in [7, 11) is -3.59. The van der Waals surface area contributed by atoms with Gasteiger partial charge in [0.2, 0.25) is 0 Å². The normalized spacial score (nSPS) is 11.4. The molecule has 0 unspecified atom stereocenters. The van der Waals surface area contributed by atoms with Gasteiger partial charge in [-0.3, -0.25) is 4.84 Å². The third kappa shape index (κ3) is 4.17. The van der Waals surface area contributed by atoms with Crippen molar-refractivity contribution in [2.45, 2.75) is 11.3 Å². The number of rotatable bonds is 6. The largest absolute Gasteiger partial charge is 0.286 e. The van der Waals surface area contributed by atoms with Crippen LogP contribution >= 0.6 is 0 Å². The fourth-order valence-electron chi connectivity index (χ4n) is 1.58. The Balaban J connectivity index is 1.83. The predicted octanol–water partition coefficient (Wildman–Crippen LogP) is 2.14. The zero-order valence-corrected chi connectivity index (χ0v) is 11.1. The van der Waals surface area contributed by atoms with Crippen LogP contribution in [0.2, 0.25) is 0 Å². The maximum Gasteiger partial charge on any atom is 0.262 e. The molecule has 2 rings (SSSR count). The Morgan fingerprint density at radius 2 is 1.47 bits per heavy atom. The summed E-state index contributed by atoms with van der Waals surface area (Å²) in [6, 6.07) is 17.9. The topological polar surface area (TPSA) is 55.4 Å². The van der Waals surface area contributed by atoms with Crippen molar-refractivity contribution in [2.75, 3.05) is 6.61 Å². The van der Waals surface area contributed by atoms with E-state index in [9.17, 15) is 8.42 Å². The van der Waals surface area contributed by atoms with Gasteiger partial charge in [0.05, 0.1) is 11.5 Å². The molecule has 0 heterocycles. The van der Waals surface area contributed by atoms with E-state index in [0.29, 0.717) is 6.42 Å². The second-order valence-electron chi connectivity index (χ2n) is 3.98. The van der Waals surface area contributed by atoms with Crippen molar-refractivity contribution in [1.29, 1.82) is 0 Å². The highest BCUT2D eigenvalue weighted by atomic mass is 32.2. The first-order valence-electron chi connectivity index (χ1n) is 5.91. The third-order valence-electron chi connectivity index (χ3n) is 2.56. The van der Waals surface area contributed by atoms with Crippen LogP contribution in [0.25, 0.3) is 0 Å². The fourth-order valence-corrected chi connectivity index (χ4v) is 2.43. The van der Waals surface area contributed by atoms with E-state index in [1.54, 1.807) is 18.2 Å². The number of hydrogen-bond acceptors (Lipinski definition) is 3. The van der Waals surface area contributed by atoms with Crippen molar-refractivity contribution >= 4 is 10.0 Å². The van der Waals surface area contributed by atoms with Crippen molar-refractivity contribution in [3.05, 3.63) is 66.2 Å². The van der Waals surface area contributed by atoms with E-state index in [4.69, 9.17) is 4.84 Å². The molecular formula is C14H15NO3S. The highest BCUT2D eigenvalue weighted by Crippen LogP contribution is 2.07. The lowest BCUT2D eigenvalue weighted by Crippen LogP contribution is -2.25. The van der Waals surface area contributed by atoms with E-state index in [1.165, 1.54) is 12.1 Å². The Bertz CT molecular complexity index is 597. The molecule has 2 aromatic rings. The Kier molecular flexibility index (Phi) is 4.68. The predicted molar refractivity (Wildman–Crippen MR) is 72.9 cm³/mol. The van der Waals surface area contributed by atoms with E-state index < -0.39 is 10.0 Å². The first kappa shape index (κ1) is 13.7. The SMILES string of the molecule is O=S(=O)(NOCCc1ccccc1)c1ccccc1. The number of hydrogen-bond donors (Lipinski definition) is 1. The van der Waals surface area contributed by atoms with Gasteiger partial charge in [-0.1, -0.05) is 53.4 Å². The molecule has 4 nitrogen and oxygen atoms in total. The van der Waals surface area contributed by atoms with E-state index >= 15 is 0 Å². The van der Waals surface area contributed by atoms with Crippen molar-refractivity contribution < 1.29 is 13.3 Å². The molecule has 0 aliphatic heterocycles. The number of sulfonamides is 1. The molecule has 0 radical (unpaired) electrons. The molecule has 100 valence electrons. The first-order valence-corrected chi connectivity index (χ1v) is 7.39. The minimum absolute atomic E-state index is 0.190. The van der Waals surface area contributed by atoms with Gasteiger partial charge in [-0.15, -0.1) is 0 Å². The standard InChI is InChI=1S/C14H15NO3S/c16-19(17,14-9-5-2-6-10-14)15-18-12-11-13-7-3-1-4-8-13/h1-10,15H,11-12H2. The summed E-state index contributed by atoms with van der Waals surface area (Å²) in [5.74, 6) is 0. The molecule has 0 aromatic heterocycles. The smallest absolute Gasteiger partial charge is 0.262 e. The maximum atomic E-state index is 11.8. The van der Waals surface area contributed by atoms with Crippen LogP contribution < -0.4 is 4.89 Å².